The lowest BCUT2D eigenvalue weighted by atomic mass is 11.2. The molecule has 0 atom stereocenters. The topological polar surface area (TPSA) is 9.23 Å². The minimum absolute atomic E-state index is 1.36. The molecule has 1 nitrogen and oxygen atoms in total. The fourth-order valence-corrected chi connectivity index (χ4v) is 11.8. The number of hydrogen-bond donors (Lipinski definition) is 0. The van der Waals surface area contributed by atoms with E-state index in [1.165, 1.54) is 0 Å². The molecule has 48 valence electrons. The molecule has 0 amide bonds. The predicted octanol–water partition coefficient (Wildman–Crippen LogP) is 1.45. The molecule has 0 fully saturated rings. The van der Waals surface area contributed by atoms with E-state index < -0.39 is 16.6 Å². The zero-order chi connectivity index (χ0) is 6.54. The van der Waals surface area contributed by atoms with E-state index in [0.717, 1.165) is 0 Å². The Kier molecular flexibility index (Phi) is 0.819. The van der Waals surface area contributed by atoms with Crippen LogP contribution < -0.4 is 0 Å². The van der Waals surface area contributed by atoms with Gasteiger partial charge in [-0.15, -0.1) is 0 Å². The molecule has 2 bridgehead atoms. The van der Waals surface area contributed by atoms with E-state index >= 15 is 0 Å². The minimum Gasteiger partial charge on any atom is -0.443 e. The summed E-state index contributed by atoms with van der Waals surface area (Å²) in [5.74, 6) is 0. The summed E-state index contributed by atoms with van der Waals surface area (Å²) in [7, 11) is -2.72. The first-order valence-electron chi connectivity index (χ1n) is 3.23. The summed E-state index contributed by atoms with van der Waals surface area (Å²) in [6.07, 6.45) is 0. The summed E-state index contributed by atoms with van der Waals surface area (Å²) in [5, 5.41) is 0. The first-order valence-corrected chi connectivity index (χ1v) is 8.36. The molecular weight excluding hydrogens is 144 g/mol. The molecule has 0 radical (unpaired) electrons. The average Bonchev–Trinajstić information content (AvgIpc) is 2.19. The molecule has 0 aromatic heterocycles. The first kappa shape index (κ1) is 5.64. The third kappa shape index (κ3) is 0.688. The second kappa shape index (κ2) is 1.31. The normalized spacial score (nSPS) is 53.1. The highest BCUT2D eigenvalue weighted by molar-refractivity contribution is 7.04. The molecule has 0 aromatic carbocycles. The van der Waals surface area contributed by atoms with Crippen molar-refractivity contribution in [1.82, 2.24) is 0 Å². The van der Waals surface area contributed by atoms with Crippen LogP contribution in [0.2, 0.25) is 13.1 Å². The van der Waals surface area contributed by atoms with Crippen molar-refractivity contribution in [2.24, 2.45) is 0 Å². The molecule has 3 heteroatoms. The van der Waals surface area contributed by atoms with Gasteiger partial charge in [-0.3, -0.25) is 0 Å². The summed E-state index contributed by atoms with van der Waals surface area (Å²) in [6.45, 7) is 4.48. The molecule has 0 saturated carbocycles. The Morgan fingerprint density at radius 1 is 0.889 bits per heavy atom. The van der Waals surface area contributed by atoms with Gasteiger partial charge >= 0.3 is 0 Å². The highest BCUT2D eigenvalue weighted by Crippen LogP contribution is 2.32. The SMILES string of the molecule is C[Si]12C=C[Si](C)(C=C1)O2. The zero-order valence-corrected chi connectivity index (χ0v) is 7.72. The van der Waals surface area contributed by atoms with E-state index in [1.54, 1.807) is 0 Å². The van der Waals surface area contributed by atoms with Crippen LogP contribution in [0.25, 0.3) is 0 Å². The van der Waals surface area contributed by atoms with Gasteiger partial charge in [0.05, 0.1) is 0 Å². The Bertz CT molecular complexity index is 173. The predicted molar refractivity (Wildman–Crippen MR) is 42.6 cm³/mol. The molecular formula is C6H10OSi2. The Morgan fingerprint density at radius 3 is 1.33 bits per heavy atom. The smallest absolute Gasteiger partial charge is 0.226 e. The summed E-state index contributed by atoms with van der Waals surface area (Å²) >= 11 is 0. The Balaban J connectivity index is 2.46. The molecule has 0 unspecified atom stereocenters. The van der Waals surface area contributed by atoms with Crippen molar-refractivity contribution in [2.45, 2.75) is 13.1 Å². The van der Waals surface area contributed by atoms with Gasteiger partial charge in [0.2, 0.25) is 16.6 Å². The van der Waals surface area contributed by atoms with Crippen LogP contribution in [-0.4, -0.2) is 16.6 Å². The first-order chi connectivity index (χ1) is 4.12. The molecule has 0 N–H and O–H groups in total. The van der Waals surface area contributed by atoms with Gasteiger partial charge in [-0.2, -0.15) is 0 Å². The van der Waals surface area contributed by atoms with E-state index in [1.807, 2.05) is 0 Å². The Morgan fingerprint density at radius 2 is 1.22 bits per heavy atom. The molecule has 2 rings (SSSR count). The van der Waals surface area contributed by atoms with Crippen LogP contribution in [0.15, 0.2) is 22.8 Å². The quantitative estimate of drug-likeness (QED) is 0.480. The maximum Gasteiger partial charge on any atom is 0.226 e. The van der Waals surface area contributed by atoms with Gasteiger partial charge in [-0.05, 0) is 13.1 Å². The molecule has 2 aliphatic heterocycles. The van der Waals surface area contributed by atoms with Gasteiger partial charge in [0.25, 0.3) is 0 Å². The largest absolute Gasteiger partial charge is 0.443 e. The lowest BCUT2D eigenvalue weighted by molar-refractivity contribution is 0.601. The van der Waals surface area contributed by atoms with Crippen molar-refractivity contribution < 1.29 is 4.12 Å². The number of rotatable bonds is 0. The second-order valence-electron chi connectivity index (χ2n) is 3.14. The van der Waals surface area contributed by atoms with E-state index in [4.69, 9.17) is 4.12 Å². The van der Waals surface area contributed by atoms with E-state index in [9.17, 15) is 0 Å². The van der Waals surface area contributed by atoms with Crippen molar-refractivity contribution in [3.05, 3.63) is 22.8 Å². The van der Waals surface area contributed by atoms with Gasteiger partial charge in [0, 0.05) is 0 Å². The van der Waals surface area contributed by atoms with Gasteiger partial charge in [0.15, 0.2) is 0 Å². The minimum atomic E-state index is -1.36. The Labute approximate surface area is 57.3 Å². The van der Waals surface area contributed by atoms with Crippen molar-refractivity contribution in [1.29, 1.82) is 0 Å². The van der Waals surface area contributed by atoms with Crippen LogP contribution in [0.1, 0.15) is 0 Å². The van der Waals surface area contributed by atoms with Crippen LogP contribution >= 0.6 is 0 Å². The summed E-state index contributed by atoms with van der Waals surface area (Å²) in [6, 6.07) is 0. The van der Waals surface area contributed by atoms with Crippen molar-refractivity contribution in [3.8, 4) is 0 Å². The van der Waals surface area contributed by atoms with E-state index in [-0.39, 0.29) is 0 Å². The molecule has 2 heterocycles. The third-order valence-corrected chi connectivity index (χ3v) is 9.43. The highest BCUT2D eigenvalue weighted by Gasteiger charge is 2.44. The zero-order valence-electron chi connectivity index (χ0n) is 5.72. The van der Waals surface area contributed by atoms with Crippen LogP contribution in [0.5, 0.6) is 0 Å². The van der Waals surface area contributed by atoms with Crippen LogP contribution in [0.4, 0.5) is 0 Å². The summed E-state index contributed by atoms with van der Waals surface area (Å²) < 4.78 is 5.90. The van der Waals surface area contributed by atoms with E-state index in [0.29, 0.717) is 0 Å². The average molecular weight is 154 g/mol. The van der Waals surface area contributed by atoms with Crippen LogP contribution in [0.3, 0.4) is 0 Å². The second-order valence-corrected chi connectivity index (χ2v) is 10.0. The number of fused-ring (bicyclic) bond motifs is 2. The summed E-state index contributed by atoms with van der Waals surface area (Å²) in [4.78, 5) is 0. The maximum atomic E-state index is 5.90. The number of hydrogen-bond acceptors (Lipinski definition) is 1. The molecule has 9 heavy (non-hydrogen) atoms. The summed E-state index contributed by atoms with van der Waals surface area (Å²) in [5.41, 5.74) is 9.22. The molecule has 0 aliphatic carbocycles. The maximum absolute atomic E-state index is 5.90. The molecule has 0 aromatic rings. The molecule has 0 saturated heterocycles. The van der Waals surface area contributed by atoms with Crippen molar-refractivity contribution in [2.75, 3.05) is 0 Å². The van der Waals surface area contributed by atoms with Gasteiger partial charge < -0.3 is 4.12 Å². The highest BCUT2D eigenvalue weighted by atomic mass is 28.4. The lowest BCUT2D eigenvalue weighted by Crippen LogP contribution is -2.30. The third-order valence-electron chi connectivity index (χ3n) is 1.93. The van der Waals surface area contributed by atoms with Crippen LogP contribution in [-0.2, 0) is 4.12 Å². The molecule has 0 spiro atoms. The van der Waals surface area contributed by atoms with E-state index in [2.05, 4.69) is 35.9 Å². The Hall–Kier alpha value is -0.126. The lowest BCUT2D eigenvalue weighted by Gasteiger charge is -2.14. The van der Waals surface area contributed by atoms with Crippen molar-refractivity contribution >= 4 is 16.6 Å². The standard InChI is InChI=1S/C6H10OSi2/c1-8-3-5-9(2,7-8)6-4-8/h3-6H,1-2H3. The van der Waals surface area contributed by atoms with Crippen molar-refractivity contribution in [3.63, 3.8) is 0 Å². The molecule has 2 aliphatic rings. The monoisotopic (exact) mass is 154 g/mol. The van der Waals surface area contributed by atoms with Gasteiger partial charge in [-0.1, -0.05) is 22.8 Å². The van der Waals surface area contributed by atoms with Crippen LogP contribution in [0, 0.1) is 0 Å². The van der Waals surface area contributed by atoms with Gasteiger partial charge in [-0.25, -0.2) is 0 Å². The fourth-order valence-electron chi connectivity index (χ4n) is 1.38. The fraction of sp³-hybridized carbons (Fsp3) is 0.333. The van der Waals surface area contributed by atoms with Gasteiger partial charge in [0.1, 0.15) is 0 Å².